The largest absolute Gasteiger partial charge is 0.504 e. The lowest BCUT2D eigenvalue weighted by atomic mass is 10.1. The summed E-state index contributed by atoms with van der Waals surface area (Å²) in [5, 5.41) is 22.6. The van der Waals surface area contributed by atoms with Gasteiger partial charge in [0.15, 0.2) is 11.5 Å². The summed E-state index contributed by atoms with van der Waals surface area (Å²) >= 11 is 0. The Morgan fingerprint density at radius 1 is 1.29 bits per heavy atom. The zero-order valence-corrected chi connectivity index (χ0v) is 11.9. The molecule has 0 unspecified atom stereocenters. The summed E-state index contributed by atoms with van der Waals surface area (Å²) in [5.41, 5.74) is 2.81. The van der Waals surface area contributed by atoms with Crippen LogP contribution in [0, 0.1) is 0 Å². The van der Waals surface area contributed by atoms with E-state index < -0.39 is 0 Å². The maximum absolute atomic E-state index is 9.83. The number of aromatic nitrogens is 2. The second-order valence-corrected chi connectivity index (χ2v) is 5.27. The van der Waals surface area contributed by atoms with Crippen LogP contribution in [0.4, 0.5) is 5.82 Å². The lowest BCUT2D eigenvalue weighted by Gasteiger charge is -2.25. The highest BCUT2D eigenvalue weighted by Crippen LogP contribution is 2.29. The Morgan fingerprint density at radius 3 is 3.00 bits per heavy atom. The number of nitrogens with zero attached hydrogens (tertiary/aromatic N) is 3. The summed E-state index contributed by atoms with van der Waals surface area (Å²) in [5.74, 6) is 0.582. The van der Waals surface area contributed by atoms with Crippen LogP contribution in [-0.4, -0.2) is 38.7 Å². The van der Waals surface area contributed by atoms with Gasteiger partial charge in [0, 0.05) is 37.2 Å². The number of phenolic OH excluding ortho intramolecular Hbond substituents is 2. The van der Waals surface area contributed by atoms with Gasteiger partial charge in [0.25, 0.3) is 0 Å². The van der Waals surface area contributed by atoms with Gasteiger partial charge in [-0.05, 0) is 13.1 Å². The first-order valence-electron chi connectivity index (χ1n) is 6.90. The van der Waals surface area contributed by atoms with Gasteiger partial charge in [-0.2, -0.15) is 0 Å². The average Bonchev–Trinajstić information content (AvgIpc) is 2.49. The number of para-hydroxylation sites is 1. The summed E-state index contributed by atoms with van der Waals surface area (Å²) in [4.78, 5) is 10.9. The predicted molar refractivity (Wildman–Crippen MR) is 79.2 cm³/mol. The van der Waals surface area contributed by atoms with Crippen LogP contribution in [0.5, 0.6) is 11.5 Å². The number of likely N-dealkylation sites (N-methyl/N-ethyl adjacent to an activating group) is 1. The first-order valence-corrected chi connectivity index (χ1v) is 6.90. The maximum atomic E-state index is 9.83. The van der Waals surface area contributed by atoms with Gasteiger partial charge < -0.3 is 20.4 Å². The Labute approximate surface area is 123 Å². The summed E-state index contributed by atoms with van der Waals surface area (Å²) in [7, 11) is 2.07. The second-order valence-electron chi connectivity index (χ2n) is 5.27. The van der Waals surface area contributed by atoms with Gasteiger partial charge in [0.05, 0.1) is 5.69 Å². The number of rotatable bonds is 3. The Balaban J connectivity index is 1.81. The van der Waals surface area contributed by atoms with E-state index in [1.165, 1.54) is 6.07 Å². The van der Waals surface area contributed by atoms with Gasteiger partial charge in [-0.1, -0.05) is 12.1 Å². The van der Waals surface area contributed by atoms with Crippen LogP contribution in [-0.2, 0) is 19.5 Å². The van der Waals surface area contributed by atoms with Gasteiger partial charge in [0.1, 0.15) is 12.1 Å². The first kappa shape index (κ1) is 13.6. The molecule has 3 N–H and O–H groups in total. The zero-order valence-electron chi connectivity index (χ0n) is 11.9. The smallest absolute Gasteiger partial charge is 0.162 e. The lowest BCUT2D eigenvalue weighted by Crippen LogP contribution is -2.28. The van der Waals surface area contributed by atoms with Crippen molar-refractivity contribution in [1.29, 1.82) is 0 Å². The Hall–Kier alpha value is -2.34. The van der Waals surface area contributed by atoms with Crippen molar-refractivity contribution in [1.82, 2.24) is 14.9 Å². The van der Waals surface area contributed by atoms with E-state index in [0.29, 0.717) is 12.1 Å². The van der Waals surface area contributed by atoms with Crippen molar-refractivity contribution in [3.05, 3.63) is 41.3 Å². The number of aromatic hydroxyl groups is 2. The molecule has 2 heterocycles. The fraction of sp³-hybridized carbons (Fsp3) is 0.333. The van der Waals surface area contributed by atoms with Gasteiger partial charge in [-0.3, -0.25) is 0 Å². The zero-order chi connectivity index (χ0) is 14.8. The van der Waals surface area contributed by atoms with E-state index in [9.17, 15) is 10.2 Å². The molecule has 1 aromatic carbocycles. The van der Waals surface area contributed by atoms with Gasteiger partial charge in [0.2, 0.25) is 0 Å². The molecule has 21 heavy (non-hydrogen) atoms. The Kier molecular flexibility index (Phi) is 3.62. The van der Waals surface area contributed by atoms with Crippen LogP contribution in [0.1, 0.15) is 16.8 Å². The summed E-state index contributed by atoms with van der Waals surface area (Å²) in [6.45, 7) is 2.20. The molecular formula is C15H18N4O2. The predicted octanol–water partition coefficient (Wildman–Crippen LogP) is 1.49. The van der Waals surface area contributed by atoms with E-state index >= 15 is 0 Å². The van der Waals surface area contributed by atoms with E-state index in [0.717, 1.165) is 36.6 Å². The van der Waals surface area contributed by atoms with E-state index in [-0.39, 0.29) is 11.5 Å². The van der Waals surface area contributed by atoms with E-state index in [1.54, 1.807) is 18.5 Å². The molecule has 0 atom stereocenters. The standard InChI is InChI=1S/C15H18N4O2/c1-19-6-5-12-11(8-19)15(18-9-17-12)16-7-10-3-2-4-13(20)14(10)21/h2-4,9,20-21H,5-8H2,1H3,(H,16,17,18). The molecule has 0 saturated carbocycles. The van der Waals surface area contributed by atoms with Crippen LogP contribution in [0.25, 0.3) is 0 Å². The summed E-state index contributed by atoms with van der Waals surface area (Å²) in [6.07, 6.45) is 2.48. The summed E-state index contributed by atoms with van der Waals surface area (Å²) < 4.78 is 0. The number of hydrogen-bond acceptors (Lipinski definition) is 6. The van der Waals surface area contributed by atoms with Gasteiger partial charge in [-0.25, -0.2) is 9.97 Å². The third-order valence-corrected chi connectivity index (χ3v) is 3.74. The molecule has 0 radical (unpaired) electrons. The molecule has 0 saturated heterocycles. The third-order valence-electron chi connectivity index (χ3n) is 3.74. The molecule has 0 aliphatic carbocycles. The number of benzene rings is 1. The number of hydrogen-bond donors (Lipinski definition) is 3. The quantitative estimate of drug-likeness (QED) is 0.742. The van der Waals surface area contributed by atoms with Crippen LogP contribution in [0.3, 0.4) is 0 Å². The van der Waals surface area contributed by atoms with Crippen LogP contribution in [0.2, 0.25) is 0 Å². The Bertz CT molecular complexity index is 660. The topological polar surface area (TPSA) is 81.5 Å². The molecule has 1 aromatic heterocycles. The molecule has 1 aliphatic heterocycles. The normalized spacial score (nSPS) is 14.7. The third kappa shape index (κ3) is 2.75. The monoisotopic (exact) mass is 286 g/mol. The molecule has 6 heteroatoms. The average molecular weight is 286 g/mol. The minimum Gasteiger partial charge on any atom is -0.504 e. The van der Waals surface area contributed by atoms with Crippen molar-refractivity contribution in [2.75, 3.05) is 18.9 Å². The van der Waals surface area contributed by atoms with E-state index in [2.05, 4.69) is 27.2 Å². The summed E-state index contributed by atoms with van der Waals surface area (Å²) in [6, 6.07) is 4.93. The van der Waals surface area contributed by atoms with Crippen molar-refractivity contribution in [2.45, 2.75) is 19.5 Å². The molecule has 0 fully saturated rings. The number of nitrogens with one attached hydrogen (secondary N) is 1. The fourth-order valence-corrected chi connectivity index (χ4v) is 2.53. The van der Waals surface area contributed by atoms with E-state index in [1.807, 2.05) is 0 Å². The molecule has 0 bridgehead atoms. The molecule has 0 spiro atoms. The highest BCUT2D eigenvalue weighted by molar-refractivity contribution is 5.50. The minimum atomic E-state index is -0.112. The van der Waals surface area contributed by atoms with Crippen LogP contribution in [0.15, 0.2) is 24.5 Å². The number of fused-ring (bicyclic) bond motifs is 1. The maximum Gasteiger partial charge on any atom is 0.162 e. The Morgan fingerprint density at radius 2 is 2.14 bits per heavy atom. The van der Waals surface area contributed by atoms with Gasteiger partial charge in [-0.15, -0.1) is 0 Å². The molecule has 3 rings (SSSR count). The number of phenols is 2. The lowest BCUT2D eigenvalue weighted by molar-refractivity contribution is 0.310. The second kappa shape index (κ2) is 5.57. The SMILES string of the molecule is CN1CCc2ncnc(NCc3cccc(O)c3O)c2C1. The molecule has 1 aliphatic rings. The van der Waals surface area contributed by atoms with Crippen molar-refractivity contribution >= 4 is 5.82 Å². The van der Waals surface area contributed by atoms with Crippen molar-refractivity contribution in [3.8, 4) is 11.5 Å². The number of anilines is 1. The molecule has 2 aromatic rings. The molecule has 0 amide bonds. The molecular weight excluding hydrogens is 268 g/mol. The van der Waals surface area contributed by atoms with Crippen molar-refractivity contribution in [3.63, 3.8) is 0 Å². The van der Waals surface area contributed by atoms with E-state index in [4.69, 9.17) is 0 Å². The van der Waals surface area contributed by atoms with Crippen molar-refractivity contribution in [2.24, 2.45) is 0 Å². The van der Waals surface area contributed by atoms with Gasteiger partial charge >= 0.3 is 0 Å². The fourth-order valence-electron chi connectivity index (χ4n) is 2.53. The molecule has 6 nitrogen and oxygen atoms in total. The highest BCUT2D eigenvalue weighted by Gasteiger charge is 2.18. The van der Waals surface area contributed by atoms with Crippen molar-refractivity contribution < 1.29 is 10.2 Å². The van der Waals surface area contributed by atoms with Crippen LogP contribution < -0.4 is 5.32 Å². The highest BCUT2D eigenvalue weighted by atomic mass is 16.3. The first-order chi connectivity index (χ1) is 10.1. The van der Waals surface area contributed by atoms with Crippen LogP contribution >= 0.6 is 0 Å². The minimum absolute atomic E-state index is 0.0926. The molecule has 110 valence electrons.